The molecule has 9 heteroatoms. The number of carbonyl (C=O) groups is 2. The van der Waals surface area contributed by atoms with Crippen LogP contribution in [0, 0.1) is 11.3 Å². The lowest BCUT2D eigenvalue weighted by atomic mass is 9.89. The van der Waals surface area contributed by atoms with Crippen LogP contribution in [0.25, 0.3) is 21.2 Å². The molecule has 1 aromatic heterocycles. The van der Waals surface area contributed by atoms with Crippen LogP contribution in [0.3, 0.4) is 0 Å². The molecule has 0 aliphatic carbocycles. The molecule has 1 amide bonds. The predicted octanol–water partition coefficient (Wildman–Crippen LogP) is 6.87. The van der Waals surface area contributed by atoms with Crippen molar-refractivity contribution in [1.29, 1.82) is 0 Å². The highest BCUT2D eigenvalue weighted by atomic mass is 32.2. The molecular formula is C32H36N2O5S2. The molecular weight excluding hydrogens is 556 g/mol. The Balaban J connectivity index is 1.79. The fourth-order valence-corrected chi connectivity index (χ4v) is 7.27. The summed E-state index contributed by atoms with van der Waals surface area (Å²) in [4.78, 5) is 25.4. The van der Waals surface area contributed by atoms with Gasteiger partial charge >= 0.3 is 5.97 Å². The molecule has 0 radical (unpaired) electrons. The maximum absolute atomic E-state index is 13.8. The van der Waals surface area contributed by atoms with Crippen molar-refractivity contribution in [2.24, 2.45) is 17.1 Å². The Hall–Kier alpha value is -3.69. The minimum atomic E-state index is -3.83. The number of primary amides is 1. The number of fused-ring (bicyclic) bond motifs is 1. The van der Waals surface area contributed by atoms with Crippen LogP contribution >= 0.6 is 11.3 Å². The monoisotopic (exact) mass is 592 g/mol. The van der Waals surface area contributed by atoms with E-state index in [1.807, 2.05) is 70.2 Å². The second-order valence-corrected chi connectivity index (χ2v) is 14.2. The van der Waals surface area contributed by atoms with E-state index >= 15 is 0 Å². The second kappa shape index (κ2) is 12.4. The quantitative estimate of drug-likeness (QED) is 0.181. The van der Waals surface area contributed by atoms with E-state index in [4.69, 9.17) is 10.5 Å². The summed E-state index contributed by atoms with van der Waals surface area (Å²) in [5, 5.41) is 0.774. The van der Waals surface area contributed by atoms with Crippen molar-refractivity contribution in [2.75, 3.05) is 17.5 Å². The molecule has 0 saturated carbocycles. The summed E-state index contributed by atoms with van der Waals surface area (Å²) in [6, 6.07) is 23.5. The van der Waals surface area contributed by atoms with E-state index in [-0.39, 0.29) is 23.8 Å². The molecule has 0 saturated heterocycles. The van der Waals surface area contributed by atoms with Gasteiger partial charge in [0.15, 0.2) is 0 Å². The van der Waals surface area contributed by atoms with Crippen LogP contribution in [0.4, 0.5) is 5.69 Å². The Bertz CT molecular complexity index is 1630. The molecule has 41 heavy (non-hydrogen) atoms. The number of sulfonamides is 1. The topological polar surface area (TPSA) is 107 Å². The van der Waals surface area contributed by atoms with E-state index in [0.717, 1.165) is 15.6 Å². The van der Waals surface area contributed by atoms with Gasteiger partial charge in [-0.15, -0.1) is 11.3 Å². The summed E-state index contributed by atoms with van der Waals surface area (Å²) in [5.74, 6) is -0.782. The van der Waals surface area contributed by atoms with Gasteiger partial charge in [0.2, 0.25) is 5.91 Å². The largest absolute Gasteiger partial charge is 0.461 e. The number of nitrogens with zero attached hydrogens (tertiary/aromatic N) is 1. The number of thiophene rings is 1. The van der Waals surface area contributed by atoms with Crippen molar-refractivity contribution >= 4 is 49.0 Å². The van der Waals surface area contributed by atoms with Gasteiger partial charge in [0.1, 0.15) is 4.88 Å². The number of amides is 1. The minimum absolute atomic E-state index is 0.0729. The van der Waals surface area contributed by atoms with Gasteiger partial charge in [-0.05, 0) is 53.6 Å². The van der Waals surface area contributed by atoms with E-state index in [1.165, 1.54) is 15.6 Å². The molecule has 216 valence electrons. The third-order valence-electron chi connectivity index (χ3n) is 6.71. The molecule has 7 nitrogen and oxygen atoms in total. The van der Waals surface area contributed by atoms with Crippen molar-refractivity contribution in [1.82, 2.24) is 0 Å². The van der Waals surface area contributed by atoms with Gasteiger partial charge in [-0.25, -0.2) is 13.2 Å². The molecule has 0 unspecified atom stereocenters. The molecule has 0 fully saturated rings. The molecule has 0 aliphatic heterocycles. The standard InChI is InChI=1S/C32H36N2O5S2/c1-22(2)20-34(41(37,38)25-13-9-6-10-14-25)24-15-16-27-26(19-24)29(23-11-7-5-8-12-23)30(40-27)31(36)39-21-32(3,4)18-17-28(33)35/h5-16,19,22H,17-18,20-21H2,1-4H3,(H2,33,35). The van der Waals surface area contributed by atoms with E-state index < -0.39 is 27.3 Å². The van der Waals surface area contributed by atoms with E-state index in [9.17, 15) is 18.0 Å². The zero-order chi connectivity index (χ0) is 29.8. The zero-order valence-corrected chi connectivity index (χ0v) is 25.4. The summed E-state index contributed by atoms with van der Waals surface area (Å²) in [6.07, 6.45) is 0.711. The molecule has 0 aliphatic rings. The smallest absolute Gasteiger partial charge is 0.349 e. The summed E-state index contributed by atoms with van der Waals surface area (Å²) in [7, 11) is -3.83. The van der Waals surface area contributed by atoms with Crippen LogP contribution in [0.2, 0.25) is 0 Å². The van der Waals surface area contributed by atoms with E-state index in [2.05, 4.69) is 0 Å². The van der Waals surface area contributed by atoms with Crippen LogP contribution in [0.5, 0.6) is 0 Å². The molecule has 2 N–H and O–H groups in total. The van der Waals surface area contributed by atoms with E-state index in [0.29, 0.717) is 29.1 Å². The van der Waals surface area contributed by atoms with Crippen LogP contribution in [-0.2, 0) is 19.6 Å². The van der Waals surface area contributed by atoms with Crippen LogP contribution < -0.4 is 10.0 Å². The Morgan fingerprint density at radius 3 is 2.22 bits per heavy atom. The molecule has 0 spiro atoms. The lowest BCUT2D eigenvalue weighted by molar-refractivity contribution is -0.118. The van der Waals surface area contributed by atoms with Crippen molar-refractivity contribution in [3.8, 4) is 11.1 Å². The first-order valence-electron chi connectivity index (χ1n) is 13.5. The first-order valence-corrected chi connectivity index (χ1v) is 15.8. The van der Waals surface area contributed by atoms with Gasteiger partial charge in [-0.3, -0.25) is 9.10 Å². The molecule has 4 rings (SSSR count). The first-order chi connectivity index (χ1) is 19.4. The first kappa shape index (κ1) is 30.3. The summed E-state index contributed by atoms with van der Waals surface area (Å²) >= 11 is 1.32. The third-order valence-corrected chi connectivity index (χ3v) is 9.67. The minimum Gasteiger partial charge on any atom is -0.461 e. The molecule has 0 bridgehead atoms. The molecule has 1 heterocycles. The number of esters is 1. The molecule has 3 aromatic carbocycles. The average Bonchev–Trinajstić information content (AvgIpc) is 3.33. The summed E-state index contributed by atoms with van der Waals surface area (Å²) in [6.45, 7) is 8.23. The zero-order valence-electron chi connectivity index (χ0n) is 23.8. The maximum Gasteiger partial charge on any atom is 0.349 e. The van der Waals surface area contributed by atoms with Gasteiger partial charge in [-0.1, -0.05) is 76.2 Å². The van der Waals surface area contributed by atoms with Gasteiger partial charge < -0.3 is 10.5 Å². The highest BCUT2D eigenvalue weighted by Crippen LogP contribution is 2.42. The van der Waals surface area contributed by atoms with Gasteiger partial charge in [-0.2, -0.15) is 0 Å². The number of rotatable bonds is 12. The van der Waals surface area contributed by atoms with Gasteiger partial charge in [0.25, 0.3) is 10.0 Å². The van der Waals surface area contributed by atoms with Crippen molar-refractivity contribution in [3.63, 3.8) is 0 Å². The summed E-state index contributed by atoms with van der Waals surface area (Å²) < 4.78 is 35.6. The Morgan fingerprint density at radius 1 is 0.976 bits per heavy atom. The van der Waals surface area contributed by atoms with Crippen molar-refractivity contribution in [2.45, 2.75) is 45.4 Å². The number of carbonyl (C=O) groups excluding carboxylic acids is 2. The fourth-order valence-electron chi connectivity index (χ4n) is 4.53. The maximum atomic E-state index is 13.8. The van der Waals surface area contributed by atoms with Crippen LogP contribution in [0.1, 0.15) is 50.2 Å². The third kappa shape index (κ3) is 7.15. The summed E-state index contributed by atoms with van der Waals surface area (Å²) in [5.41, 5.74) is 6.94. The Kier molecular flexibility index (Phi) is 9.19. The lowest BCUT2D eigenvalue weighted by Gasteiger charge is -2.26. The number of ether oxygens (including phenoxy) is 1. The number of benzene rings is 3. The highest BCUT2D eigenvalue weighted by molar-refractivity contribution is 7.92. The number of hydrogen-bond acceptors (Lipinski definition) is 6. The van der Waals surface area contributed by atoms with Crippen molar-refractivity contribution < 1.29 is 22.7 Å². The SMILES string of the molecule is CC(C)CN(c1ccc2sc(C(=O)OCC(C)(C)CCC(N)=O)c(-c3ccccc3)c2c1)S(=O)(=O)c1ccccc1. The molecule has 4 aromatic rings. The van der Waals surface area contributed by atoms with Crippen LogP contribution in [-0.4, -0.2) is 33.4 Å². The lowest BCUT2D eigenvalue weighted by Crippen LogP contribution is -2.34. The number of nitrogens with two attached hydrogens (primary N) is 1. The Labute approximate surface area is 246 Å². The Morgan fingerprint density at radius 2 is 1.61 bits per heavy atom. The second-order valence-electron chi connectivity index (χ2n) is 11.3. The average molecular weight is 593 g/mol. The van der Waals surface area contributed by atoms with Gasteiger partial charge in [0, 0.05) is 28.6 Å². The number of anilines is 1. The highest BCUT2D eigenvalue weighted by Gasteiger charge is 2.29. The van der Waals surface area contributed by atoms with E-state index in [1.54, 1.807) is 36.4 Å². The van der Waals surface area contributed by atoms with Gasteiger partial charge in [0.05, 0.1) is 17.2 Å². The molecule has 0 atom stereocenters. The fraction of sp³-hybridized carbons (Fsp3) is 0.312. The van der Waals surface area contributed by atoms with Crippen LogP contribution in [0.15, 0.2) is 83.8 Å². The normalized spacial score (nSPS) is 12.0. The van der Waals surface area contributed by atoms with Crippen molar-refractivity contribution in [3.05, 3.63) is 83.7 Å². The number of hydrogen-bond donors (Lipinski definition) is 1. The predicted molar refractivity (Wildman–Crippen MR) is 166 cm³/mol.